The molecule has 0 amide bonds. The van der Waals surface area contributed by atoms with E-state index in [1.54, 1.807) is 24.3 Å². The van der Waals surface area contributed by atoms with Crippen molar-refractivity contribution in [3.63, 3.8) is 0 Å². The molecule has 0 aliphatic heterocycles. The highest BCUT2D eigenvalue weighted by Gasteiger charge is 2.26. The fourth-order valence-electron chi connectivity index (χ4n) is 1.89. The zero-order chi connectivity index (χ0) is 17.7. The number of alkyl halides is 3. The molecule has 1 aromatic carbocycles. The molecule has 5 nitrogen and oxygen atoms in total. The second-order valence-corrected chi connectivity index (χ2v) is 6.20. The number of hydrogen-bond acceptors (Lipinski definition) is 5. The number of rotatable bonds is 7. The molecule has 132 valence electrons. The van der Waals surface area contributed by atoms with Crippen molar-refractivity contribution in [2.24, 2.45) is 0 Å². The van der Waals surface area contributed by atoms with Crippen LogP contribution in [0.2, 0.25) is 0 Å². The van der Waals surface area contributed by atoms with Crippen molar-refractivity contribution in [1.29, 1.82) is 0 Å². The van der Waals surface area contributed by atoms with Crippen LogP contribution in [-0.2, 0) is 0 Å². The van der Waals surface area contributed by atoms with Crippen molar-refractivity contribution in [1.82, 2.24) is 9.78 Å². The summed E-state index contributed by atoms with van der Waals surface area (Å²) in [7, 11) is 0. The summed E-state index contributed by atoms with van der Waals surface area (Å²) in [4.78, 5) is 11.7. The van der Waals surface area contributed by atoms with Crippen LogP contribution >= 0.6 is 11.8 Å². The third-order valence-corrected chi connectivity index (χ3v) is 4.11. The predicted octanol–water partition coefficient (Wildman–Crippen LogP) is 4.11. The fourth-order valence-corrected chi connectivity index (χ4v) is 2.22. The van der Waals surface area contributed by atoms with Gasteiger partial charge < -0.3 is 9.15 Å². The third-order valence-electron chi connectivity index (χ3n) is 3.23. The summed E-state index contributed by atoms with van der Waals surface area (Å²) in [6, 6.07) is 6.47. The van der Waals surface area contributed by atoms with Gasteiger partial charge in [0.1, 0.15) is 11.1 Å². The molecule has 9 heteroatoms. The summed E-state index contributed by atoms with van der Waals surface area (Å²) in [5, 5.41) is 3.99. The van der Waals surface area contributed by atoms with Gasteiger partial charge in [0.15, 0.2) is 0 Å². The molecule has 0 saturated heterocycles. The highest BCUT2D eigenvalue weighted by molar-refractivity contribution is 7.98. The lowest BCUT2D eigenvalue weighted by atomic mass is 10.2. The SMILES string of the molecule is CSC(C)n1nc(-c2ccc(OCCCC(F)(F)F)cc2)oc1=O. The van der Waals surface area contributed by atoms with Gasteiger partial charge in [-0.05, 0) is 43.9 Å². The molecule has 1 heterocycles. The Hall–Kier alpha value is -1.90. The van der Waals surface area contributed by atoms with E-state index in [-0.39, 0.29) is 24.3 Å². The molecule has 1 atom stereocenters. The first kappa shape index (κ1) is 18.4. The summed E-state index contributed by atoms with van der Waals surface area (Å²) in [5.74, 6) is 0.0871. The number of ether oxygens (including phenoxy) is 1. The van der Waals surface area contributed by atoms with Crippen molar-refractivity contribution in [2.75, 3.05) is 12.9 Å². The van der Waals surface area contributed by atoms with Gasteiger partial charge in [0.25, 0.3) is 0 Å². The van der Waals surface area contributed by atoms with Gasteiger partial charge in [0.2, 0.25) is 5.89 Å². The van der Waals surface area contributed by atoms with Gasteiger partial charge in [-0.2, -0.15) is 17.9 Å². The van der Waals surface area contributed by atoms with Crippen molar-refractivity contribution < 1.29 is 22.3 Å². The van der Waals surface area contributed by atoms with Crippen molar-refractivity contribution in [3.05, 3.63) is 34.8 Å². The molecule has 2 rings (SSSR count). The first-order valence-corrected chi connectivity index (χ1v) is 8.51. The Bertz CT molecular complexity index is 710. The molecule has 24 heavy (non-hydrogen) atoms. The zero-order valence-corrected chi connectivity index (χ0v) is 14.0. The van der Waals surface area contributed by atoms with E-state index in [1.165, 1.54) is 16.4 Å². The van der Waals surface area contributed by atoms with Crippen LogP contribution in [-0.4, -0.2) is 28.8 Å². The number of halogens is 3. The van der Waals surface area contributed by atoms with Crippen molar-refractivity contribution >= 4 is 11.8 Å². The van der Waals surface area contributed by atoms with Crippen LogP contribution in [0, 0.1) is 0 Å². The van der Waals surface area contributed by atoms with Gasteiger partial charge in [0, 0.05) is 12.0 Å². The molecular weight excluding hydrogens is 345 g/mol. The molecule has 0 bridgehead atoms. The van der Waals surface area contributed by atoms with Gasteiger partial charge in [-0.25, -0.2) is 4.79 Å². The Morgan fingerprint density at radius 1 is 1.33 bits per heavy atom. The Kier molecular flexibility index (Phi) is 5.98. The molecule has 0 radical (unpaired) electrons. The number of thioether (sulfide) groups is 1. The van der Waals surface area contributed by atoms with Crippen LogP contribution in [0.1, 0.15) is 25.1 Å². The first-order valence-electron chi connectivity index (χ1n) is 7.22. The van der Waals surface area contributed by atoms with E-state index in [0.29, 0.717) is 11.3 Å². The minimum absolute atomic E-state index is 0.0200. The van der Waals surface area contributed by atoms with Gasteiger partial charge in [0.05, 0.1) is 6.61 Å². The minimum Gasteiger partial charge on any atom is -0.494 e. The summed E-state index contributed by atoms with van der Waals surface area (Å²) >= 11 is 1.46. The maximum atomic E-state index is 12.0. The van der Waals surface area contributed by atoms with E-state index >= 15 is 0 Å². The lowest BCUT2D eigenvalue weighted by Crippen LogP contribution is -2.17. The highest BCUT2D eigenvalue weighted by atomic mass is 32.2. The molecule has 0 N–H and O–H groups in total. The topological polar surface area (TPSA) is 57.3 Å². The molecule has 0 fully saturated rings. The van der Waals surface area contributed by atoms with Crippen LogP contribution < -0.4 is 10.5 Å². The standard InChI is InChI=1S/C15H17F3N2O3S/c1-10(24-2)20-14(21)23-13(19-20)11-4-6-12(7-5-11)22-9-3-8-15(16,17)18/h4-7,10H,3,8-9H2,1-2H3. The largest absolute Gasteiger partial charge is 0.494 e. The van der Waals surface area contributed by atoms with Gasteiger partial charge in [-0.15, -0.1) is 16.9 Å². The average molecular weight is 362 g/mol. The molecule has 1 unspecified atom stereocenters. The predicted molar refractivity (Wildman–Crippen MR) is 85.2 cm³/mol. The van der Waals surface area contributed by atoms with Crippen LogP contribution in [0.25, 0.3) is 11.5 Å². The number of benzene rings is 1. The second-order valence-electron chi connectivity index (χ2n) is 5.04. The van der Waals surface area contributed by atoms with Crippen molar-refractivity contribution in [3.8, 4) is 17.2 Å². The van der Waals surface area contributed by atoms with E-state index in [9.17, 15) is 18.0 Å². The number of aromatic nitrogens is 2. The molecule has 0 aliphatic rings. The summed E-state index contributed by atoms with van der Waals surface area (Å²) < 4.78 is 47.7. The maximum absolute atomic E-state index is 12.0. The van der Waals surface area contributed by atoms with E-state index in [4.69, 9.17) is 9.15 Å². The normalized spacial score (nSPS) is 13.0. The Balaban J connectivity index is 1.98. The molecule has 0 aliphatic carbocycles. The molecule has 0 saturated carbocycles. The fraction of sp³-hybridized carbons (Fsp3) is 0.467. The van der Waals surface area contributed by atoms with Gasteiger partial charge >= 0.3 is 11.9 Å². The number of nitrogens with zero attached hydrogens (tertiary/aromatic N) is 2. The van der Waals surface area contributed by atoms with Crippen LogP contribution in [0.4, 0.5) is 13.2 Å². The third kappa shape index (κ3) is 5.05. The quantitative estimate of drug-likeness (QED) is 0.694. The van der Waals surface area contributed by atoms with Crippen molar-refractivity contribution in [2.45, 2.75) is 31.3 Å². The Morgan fingerprint density at radius 2 is 2.00 bits per heavy atom. The van der Waals surface area contributed by atoms with E-state index in [1.807, 2.05) is 13.2 Å². The van der Waals surface area contributed by atoms with E-state index < -0.39 is 18.4 Å². The molecule has 1 aromatic heterocycles. The monoisotopic (exact) mass is 362 g/mol. The van der Waals surface area contributed by atoms with E-state index in [0.717, 1.165) is 0 Å². The summed E-state index contributed by atoms with van der Waals surface area (Å²) in [6.07, 6.45) is -3.29. The zero-order valence-electron chi connectivity index (χ0n) is 13.2. The Labute approximate surface area is 140 Å². The molecule has 0 spiro atoms. The molecular formula is C15H17F3N2O3S. The average Bonchev–Trinajstić information content (AvgIpc) is 2.92. The first-order chi connectivity index (χ1) is 11.3. The second kappa shape index (κ2) is 7.78. The van der Waals surface area contributed by atoms with Gasteiger partial charge in [-0.3, -0.25) is 0 Å². The Morgan fingerprint density at radius 3 is 2.58 bits per heavy atom. The smallest absolute Gasteiger partial charge is 0.438 e. The minimum atomic E-state index is -4.17. The van der Waals surface area contributed by atoms with Crippen LogP contribution in [0.15, 0.2) is 33.5 Å². The van der Waals surface area contributed by atoms with Crippen LogP contribution in [0.5, 0.6) is 5.75 Å². The lowest BCUT2D eigenvalue weighted by Gasteiger charge is -2.08. The van der Waals surface area contributed by atoms with Gasteiger partial charge in [-0.1, -0.05) is 0 Å². The molecule has 2 aromatic rings. The summed E-state index contributed by atoms with van der Waals surface area (Å²) in [5.41, 5.74) is 0.585. The lowest BCUT2D eigenvalue weighted by molar-refractivity contribution is -0.136. The maximum Gasteiger partial charge on any atom is 0.438 e. The van der Waals surface area contributed by atoms with E-state index in [2.05, 4.69) is 5.10 Å². The number of hydrogen-bond donors (Lipinski definition) is 0. The van der Waals surface area contributed by atoms with Crippen LogP contribution in [0.3, 0.4) is 0 Å². The highest BCUT2D eigenvalue weighted by Crippen LogP contribution is 2.24. The summed E-state index contributed by atoms with van der Waals surface area (Å²) in [6.45, 7) is 1.81.